The molecule has 1 aliphatic rings. The van der Waals surface area contributed by atoms with Gasteiger partial charge in [0.25, 0.3) is 0 Å². The van der Waals surface area contributed by atoms with Gasteiger partial charge in [0.05, 0.1) is 52.9 Å². The lowest BCUT2D eigenvalue weighted by molar-refractivity contribution is -0.338. The van der Waals surface area contributed by atoms with Gasteiger partial charge >= 0.3 is 0 Å². The van der Waals surface area contributed by atoms with E-state index in [1.807, 2.05) is 152 Å². The van der Waals surface area contributed by atoms with Gasteiger partial charge in [-0.05, 0) is 27.8 Å². The van der Waals surface area contributed by atoms with Crippen molar-refractivity contribution >= 4 is 0 Å². The van der Waals surface area contributed by atoms with Crippen LogP contribution in [0.1, 0.15) is 27.8 Å². The van der Waals surface area contributed by atoms with Gasteiger partial charge in [0.15, 0.2) is 6.29 Å². The van der Waals surface area contributed by atoms with E-state index in [2.05, 4.69) is 0 Å². The molecule has 8 heteroatoms. The van der Waals surface area contributed by atoms with Crippen LogP contribution >= 0.6 is 0 Å². The monoisotopic (exact) mass is 704 g/mol. The molecule has 1 fully saturated rings. The Morgan fingerprint density at radius 1 is 0.442 bits per heavy atom. The maximum absolute atomic E-state index is 10.7. The van der Waals surface area contributed by atoms with Crippen LogP contribution in [0.25, 0.3) is 0 Å². The van der Waals surface area contributed by atoms with E-state index in [1.54, 1.807) is 0 Å². The van der Waals surface area contributed by atoms with Gasteiger partial charge < -0.3 is 38.3 Å². The molecule has 0 bridgehead atoms. The molecule has 1 N–H and O–H groups in total. The molecule has 1 heterocycles. The van der Waals surface area contributed by atoms with Crippen molar-refractivity contribution in [3.8, 4) is 0 Å². The van der Waals surface area contributed by atoms with Gasteiger partial charge in [0.2, 0.25) is 0 Å². The Labute approximate surface area is 306 Å². The van der Waals surface area contributed by atoms with Crippen LogP contribution in [0.4, 0.5) is 0 Å². The zero-order valence-corrected chi connectivity index (χ0v) is 29.4. The molecule has 0 radical (unpaired) electrons. The first-order chi connectivity index (χ1) is 25.7. The second-order valence-corrected chi connectivity index (χ2v) is 12.8. The van der Waals surface area contributed by atoms with Gasteiger partial charge in [-0.25, -0.2) is 0 Å². The topological polar surface area (TPSA) is 84.8 Å². The Kier molecular flexibility index (Phi) is 15.0. The molecule has 272 valence electrons. The second kappa shape index (κ2) is 20.7. The predicted octanol–water partition coefficient (Wildman–Crippen LogP) is 7.28. The van der Waals surface area contributed by atoms with E-state index in [0.29, 0.717) is 26.4 Å². The largest absolute Gasteiger partial charge is 0.394 e. The summed E-state index contributed by atoms with van der Waals surface area (Å²) < 4.78 is 45.6. The van der Waals surface area contributed by atoms with Crippen LogP contribution in [0.15, 0.2) is 152 Å². The second-order valence-electron chi connectivity index (χ2n) is 12.8. The SMILES string of the molecule is OC[C@H]1O[C@@H](OC(COCc2ccccc2)COCc2ccccc2)[C@H](OCc2ccccc2)[C@@H](OCc2ccccc2)[C@H]1OCc1ccccc1. The van der Waals surface area contributed by atoms with Gasteiger partial charge in [-0.3, -0.25) is 0 Å². The van der Waals surface area contributed by atoms with Crippen LogP contribution in [0.5, 0.6) is 0 Å². The van der Waals surface area contributed by atoms with Gasteiger partial charge in [0.1, 0.15) is 30.5 Å². The van der Waals surface area contributed by atoms with Crippen molar-refractivity contribution in [2.75, 3.05) is 19.8 Å². The lowest BCUT2D eigenvalue weighted by atomic mass is 9.97. The van der Waals surface area contributed by atoms with E-state index in [-0.39, 0.29) is 26.4 Å². The Hall–Kier alpha value is -4.22. The van der Waals surface area contributed by atoms with Gasteiger partial charge in [0, 0.05) is 0 Å². The molecule has 0 aliphatic carbocycles. The highest BCUT2D eigenvalue weighted by Crippen LogP contribution is 2.32. The maximum atomic E-state index is 10.7. The fourth-order valence-corrected chi connectivity index (χ4v) is 6.08. The molecular formula is C44H48O8. The number of aliphatic hydroxyl groups excluding tert-OH is 1. The van der Waals surface area contributed by atoms with Crippen LogP contribution in [0.3, 0.4) is 0 Å². The smallest absolute Gasteiger partial charge is 0.187 e. The Bertz CT molecular complexity index is 1610. The Balaban J connectivity index is 1.25. The normalized spacial score (nSPS) is 20.2. The summed E-state index contributed by atoms with van der Waals surface area (Å²) in [4.78, 5) is 0. The summed E-state index contributed by atoms with van der Waals surface area (Å²) in [5.41, 5.74) is 5.09. The molecule has 0 saturated carbocycles. The molecule has 52 heavy (non-hydrogen) atoms. The first-order valence-corrected chi connectivity index (χ1v) is 17.9. The first kappa shape index (κ1) is 37.5. The minimum absolute atomic E-state index is 0.238. The Morgan fingerprint density at radius 2 is 0.788 bits per heavy atom. The molecule has 8 nitrogen and oxygen atoms in total. The zero-order valence-electron chi connectivity index (χ0n) is 29.4. The quantitative estimate of drug-likeness (QED) is 0.0906. The summed E-state index contributed by atoms with van der Waals surface area (Å²) in [5, 5.41) is 10.7. The average molecular weight is 705 g/mol. The van der Waals surface area contributed by atoms with E-state index in [0.717, 1.165) is 27.8 Å². The Morgan fingerprint density at radius 3 is 1.17 bits per heavy atom. The van der Waals surface area contributed by atoms with E-state index >= 15 is 0 Å². The van der Waals surface area contributed by atoms with Crippen molar-refractivity contribution in [2.45, 2.75) is 69.8 Å². The van der Waals surface area contributed by atoms with Crippen molar-refractivity contribution in [3.63, 3.8) is 0 Å². The molecular weight excluding hydrogens is 656 g/mol. The molecule has 1 aliphatic heterocycles. The minimum atomic E-state index is -0.941. The molecule has 0 spiro atoms. The number of aliphatic hydroxyl groups is 1. The number of benzene rings is 5. The zero-order chi connectivity index (χ0) is 35.6. The fraction of sp³-hybridized carbons (Fsp3) is 0.318. The lowest BCUT2D eigenvalue weighted by Crippen LogP contribution is -2.62. The van der Waals surface area contributed by atoms with Crippen molar-refractivity contribution < 1.29 is 38.3 Å². The van der Waals surface area contributed by atoms with Crippen molar-refractivity contribution in [2.24, 2.45) is 0 Å². The molecule has 0 aromatic heterocycles. The van der Waals surface area contributed by atoms with Crippen molar-refractivity contribution in [1.29, 1.82) is 0 Å². The van der Waals surface area contributed by atoms with E-state index in [4.69, 9.17) is 33.2 Å². The molecule has 5 aromatic rings. The van der Waals surface area contributed by atoms with E-state index < -0.39 is 36.8 Å². The van der Waals surface area contributed by atoms with Crippen molar-refractivity contribution in [1.82, 2.24) is 0 Å². The number of ether oxygens (including phenoxy) is 7. The van der Waals surface area contributed by atoms with Gasteiger partial charge in [-0.1, -0.05) is 152 Å². The number of hydrogen-bond acceptors (Lipinski definition) is 8. The molecule has 1 saturated heterocycles. The number of hydrogen-bond donors (Lipinski definition) is 1. The molecule has 0 amide bonds. The summed E-state index contributed by atoms with van der Waals surface area (Å²) in [6.45, 7) is 1.88. The average Bonchev–Trinajstić information content (AvgIpc) is 3.20. The van der Waals surface area contributed by atoms with Gasteiger partial charge in [-0.2, -0.15) is 0 Å². The van der Waals surface area contributed by atoms with Crippen LogP contribution in [-0.4, -0.2) is 61.7 Å². The summed E-state index contributed by atoms with van der Waals surface area (Å²) in [6, 6.07) is 49.8. The number of rotatable bonds is 20. The highest BCUT2D eigenvalue weighted by Gasteiger charge is 2.49. The predicted molar refractivity (Wildman–Crippen MR) is 198 cm³/mol. The standard InChI is InChI=1S/C44H48O8/c45-26-40-41(48-29-36-20-10-3-11-21-36)42(49-30-37-22-12-4-13-23-37)43(50-31-38-24-14-5-15-25-38)44(52-40)51-39(32-46-27-34-16-6-1-7-17-34)33-47-28-35-18-8-2-9-19-35/h1-25,39-45H,26-33H2/t40-,41+,42+,43-,44-/m1/s1. The van der Waals surface area contributed by atoms with E-state index in [9.17, 15) is 5.11 Å². The third-order valence-corrected chi connectivity index (χ3v) is 8.78. The molecule has 0 unspecified atom stereocenters. The molecule has 5 aromatic carbocycles. The fourth-order valence-electron chi connectivity index (χ4n) is 6.08. The van der Waals surface area contributed by atoms with Crippen LogP contribution in [0, 0.1) is 0 Å². The summed E-state index contributed by atoms with van der Waals surface area (Å²) in [5.74, 6) is 0. The summed E-state index contributed by atoms with van der Waals surface area (Å²) in [6.07, 6.45) is -4.31. The summed E-state index contributed by atoms with van der Waals surface area (Å²) >= 11 is 0. The van der Waals surface area contributed by atoms with E-state index in [1.165, 1.54) is 0 Å². The van der Waals surface area contributed by atoms with Gasteiger partial charge in [-0.15, -0.1) is 0 Å². The molecule has 5 atom stereocenters. The highest BCUT2D eigenvalue weighted by atomic mass is 16.7. The first-order valence-electron chi connectivity index (χ1n) is 17.9. The van der Waals surface area contributed by atoms with Crippen LogP contribution in [-0.2, 0) is 66.2 Å². The maximum Gasteiger partial charge on any atom is 0.187 e. The summed E-state index contributed by atoms with van der Waals surface area (Å²) in [7, 11) is 0. The third-order valence-electron chi connectivity index (χ3n) is 8.78. The minimum Gasteiger partial charge on any atom is -0.394 e. The molecule has 6 rings (SSSR count). The lowest BCUT2D eigenvalue weighted by Gasteiger charge is -2.46. The van der Waals surface area contributed by atoms with Crippen molar-refractivity contribution in [3.05, 3.63) is 179 Å². The highest BCUT2D eigenvalue weighted by molar-refractivity contribution is 5.17. The van der Waals surface area contributed by atoms with Crippen LogP contribution in [0.2, 0.25) is 0 Å². The van der Waals surface area contributed by atoms with Crippen LogP contribution < -0.4 is 0 Å². The third kappa shape index (κ3) is 11.6.